The second-order valence-corrected chi connectivity index (χ2v) is 5.97. The Balaban J connectivity index is 2.02. The number of primary amides is 1. The van der Waals surface area contributed by atoms with Crippen molar-refractivity contribution in [1.29, 1.82) is 0 Å². The van der Waals surface area contributed by atoms with Crippen LogP contribution in [0.15, 0.2) is 18.5 Å². The zero-order valence-electron chi connectivity index (χ0n) is 13.0. The summed E-state index contributed by atoms with van der Waals surface area (Å²) in [5, 5.41) is 0. The molecular formula is C16H25N3O2. The minimum Gasteiger partial charge on any atom is -0.377 e. The maximum Gasteiger partial charge on any atom is 0.217 e. The van der Waals surface area contributed by atoms with Crippen molar-refractivity contribution in [3.8, 4) is 0 Å². The Bertz CT molecular complexity index is 492. The molecule has 0 bridgehead atoms. The molecule has 21 heavy (non-hydrogen) atoms. The summed E-state index contributed by atoms with van der Waals surface area (Å²) in [6, 6.07) is 2.07. The van der Waals surface area contributed by atoms with Gasteiger partial charge in [-0.2, -0.15) is 0 Å². The summed E-state index contributed by atoms with van der Waals surface area (Å²) in [5.74, 6) is -0.256. The smallest absolute Gasteiger partial charge is 0.217 e. The SMILES string of the molecule is COC1(CCC(N)=O)CCCN(Cc2ccncc2C)C1. The van der Waals surface area contributed by atoms with E-state index >= 15 is 0 Å². The number of likely N-dealkylation sites (tertiary alicyclic amines) is 1. The van der Waals surface area contributed by atoms with Gasteiger partial charge >= 0.3 is 0 Å². The molecule has 1 aliphatic heterocycles. The van der Waals surface area contributed by atoms with Crippen LogP contribution < -0.4 is 5.73 Å². The standard InChI is InChI=1S/C16H25N3O2/c1-13-10-18-8-5-14(13)11-19-9-3-6-16(12-19,21-2)7-4-15(17)20/h5,8,10H,3-4,6-7,9,11-12H2,1-2H3,(H2,17,20). The van der Waals surface area contributed by atoms with Crippen molar-refractivity contribution in [1.82, 2.24) is 9.88 Å². The number of ether oxygens (including phenoxy) is 1. The Labute approximate surface area is 126 Å². The summed E-state index contributed by atoms with van der Waals surface area (Å²) in [5.41, 5.74) is 7.55. The lowest BCUT2D eigenvalue weighted by Gasteiger charge is -2.42. The average molecular weight is 291 g/mol. The van der Waals surface area contributed by atoms with E-state index in [0.717, 1.165) is 32.5 Å². The molecule has 2 rings (SSSR count). The summed E-state index contributed by atoms with van der Waals surface area (Å²) in [6.07, 6.45) is 6.89. The number of amides is 1. The highest BCUT2D eigenvalue weighted by molar-refractivity contribution is 5.73. The maximum absolute atomic E-state index is 11.1. The van der Waals surface area contributed by atoms with Crippen LogP contribution in [0.2, 0.25) is 0 Å². The van der Waals surface area contributed by atoms with E-state index in [-0.39, 0.29) is 11.5 Å². The highest BCUT2D eigenvalue weighted by atomic mass is 16.5. The Morgan fingerprint density at radius 1 is 1.57 bits per heavy atom. The topological polar surface area (TPSA) is 68.5 Å². The molecule has 1 aromatic heterocycles. The summed E-state index contributed by atoms with van der Waals surface area (Å²) < 4.78 is 5.77. The van der Waals surface area contributed by atoms with Crippen molar-refractivity contribution in [3.05, 3.63) is 29.6 Å². The number of nitrogens with zero attached hydrogens (tertiary/aromatic N) is 2. The van der Waals surface area contributed by atoms with E-state index in [0.29, 0.717) is 12.8 Å². The van der Waals surface area contributed by atoms with Gasteiger partial charge in [0.05, 0.1) is 5.60 Å². The van der Waals surface area contributed by atoms with Crippen LogP contribution in [0.5, 0.6) is 0 Å². The van der Waals surface area contributed by atoms with Gasteiger partial charge in [-0.05, 0) is 49.9 Å². The molecule has 2 heterocycles. The van der Waals surface area contributed by atoms with E-state index in [4.69, 9.17) is 10.5 Å². The number of carbonyl (C=O) groups is 1. The minimum atomic E-state index is -0.256. The van der Waals surface area contributed by atoms with Crippen molar-refractivity contribution in [2.75, 3.05) is 20.2 Å². The van der Waals surface area contributed by atoms with E-state index in [2.05, 4.69) is 22.9 Å². The van der Waals surface area contributed by atoms with Gasteiger partial charge in [0.2, 0.25) is 5.91 Å². The number of nitrogens with two attached hydrogens (primary N) is 1. The van der Waals surface area contributed by atoms with E-state index in [1.807, 2.05) is 12.4 Å². The lowest BCUT2D eigenvalue weighted by Crippen LogP contribution is -2.49. The molecular weight excluding hydrogens is 266 g/mol. The van der Waals surface area contributed by atoms with Gasteiger partial charge in [0.15, 0.2) is 0 Å². The Kier molecular flexibility index (Phi) is 5.31. The molecule has 1 fully saturated rings. The van der Waals surface area contributed by atoms with E-state index in [1.165, 1.54) is 11.1 Å². The molecule has 1 aliphatic rings. The van der Waals surface area contributed by atoms with Crippen LogP contribution in [0.4, 0.5) is 0 Å². The molecule has 116 valence electrons. The summed E-state index contributed by atoms with van der Waals surface area (Å²) >= 11 is 0. The third kappa shape index (κ3) is 4.25. The first kappa shape index (κ1) is 15.9. The number of hydrogen-bond donors (Lipinski definition) is 1. The van der Waals surface area contributed by atoms with Gasteiger partial charge in [0, 0.05) is 39.0 Å². The summed E-state index contributed by atoms with van der Waals surface area (Å²) in [7, 11) is 1.74. The molecule has 1 atom stereocenters. The molecule has 0 aromatic carbocycles. The molecule has 1 amide bonds. The summed E-state index contributed by atoms with van der Waals surface area (Å²) in [6.45, 7) is 4.89. The molecule has 0 spiro atoms. The quantitative estimate of drug-likeness (QED) is 0.865. The molecule has 0 aliphatic carbocycles. The monoisotopic (exact) mass is 291 g/mol. The fourth-order valence-electron chi connectivity index (χ4n) is 3.07. The van der Waals surface area contributed by atoms with Crippen LogP contribution in [0.1, 0.15) is 36.8 Å². The number of methoxy groups -OCH3 is 1. The zero-order valence-corrected chi connectivity index (χ0v) is 13.0. The van der Waals surface area contributed by atoms with Crippen LogP contribution in [0.3, 0.4) is 0 Å². The van der Waals surface area contributed by atoms with Crippen molar-refractivity contribution >= 4 is 5.91 Å². The van der Waals surface area contributed by atoms with E-state index in [1.54, 1.807) is 7.11 Å². The maximum atomic E-state index is 11.1. The van der Waals surface area contributed by atoms with Crippen LogP contribution in [0, 0.1) is 6.92 Å². The molecule has 1 saturated heterocycles. The molecule has 0 radical (unpaired) electrons. The van der Waals surface area contributed by atoms with E-state index in [9.17, 15) is 4.79 Å². The number of hydrogen-bond acceptors (Lipinski definition) is 4. The van der Waals surface area contributed by atoms with Crippen LogP contribution in [0.25, 0.3) is 0 Å². The van der Waals surface area contributed by atoms with Gasteiger partial charge < -0.3 is 10.5 Å². The fourth-order valence-corrected chi connectivity index (χ4v) is 3.07. The number of aryl methyl sites for hydroxylation is 1. The first-order valence-corrected chi connectivity index (χ1v) is 7.50. The first-order chi connectivity index (χ1) is 10.0. The van der Waals surface area contributed by atoms with Crippen LogP contribution in [-0.4, -0.2) is 41.6 Å². The van der Waals surface area contributed by atoms with Gasteiger partial charge in [-0.1, -0.05) is 0 Å². The van der Waals surface area contributed by atoms with Crippen LogP contribution >= 0.6 is 0 Å². The van der Waals surface area contributed by atoms with E-state index < -0.39 is 0 Å². The van der Waals surface area contributed by atoms with Gasteiger partial charge in [0.25, 0.3) is 0 Å². The van der Waals surface area contributed by atoms with Crippen molar-refractivity contribution < 1.29 is 9.53 Å². The van der Waals surface area contributed by atoms with Gasteiger partial charge in [0.1, 0.15) is 0 Å². The molecule has 5 heteroatoms. The lowest BCUT2D eigenvalue weighted by molar-refractivity contribution is -0.121. The third-order valence-corrected chi connectivity index (χ3v) is 4.41. The molecule has 5 nitrogen and oxygen atoms in total. The highest BCUT2D eigenvalue weighted by Crippen LogP contribution is 2.30. The Morgan fingerprint density at radius 3 is 3.05 bits per heavy atom. The highest BCUT2D eigenvalue weighted by Gasteiger charge is 2.35. The van der Waals surface area contributed by atoms with Gasteiger partial charge in [-0.3, -0.25) is 14.7 Å². The van der Waals surface area contributed by atoms with Gasteiger partial charge in [-0.25, -0.2) is 0 Å². The molecule has 1 unspecified atom stereocenters. The third-order valence-electron chi connectivity index (χ3n) is 4.41. The number of pyridine rings is 1. The molecule has 1 aromatic rings. The molecule has 2 N–H and O–H groups in total. The van der Waals surface area contributed by atoms with Gasteiger partial charge in [-0.15, -0.1) is 0 Å². The summed E-state index contributed by atoms with van der Waals surface area (Å²) in [4.78, 5) is 17.6. The Hall–Kier alpha value is -1.46. The van der Waals surface area contributed by atoms with Crippen molar-refractivity contribution in [2.45, 2.75) is 44.8 Å². The minimum absolute atomic E-state index is 0.242. The second kappa shape index (κ2) is 7.00. The first-order valence-electron chi connectivity index (χ1n) is 7.50. The normalized spacial score (nSPS) is 23.1. The number of carbonyl (C=O) groups excluding carboxylic acids is 1. The van der Waals surface area contributed by atoms with Crippen molar-refractivity contribution in [3.63, 3.8) is 0 Å². The lowest BCUT2D eigenvalue weighted by atomic mass is 9.87. The number of piperidine rings is 1. The predicted molar refractivity (Wildman–Crippen MR) is 81.7 cm³/mol. The largest absolute Gasteiger partial charge is 0.377 e. The number of rotatable bonds is 6. The Morgan fingerprint density at radius 2 is 2.38 bits per heavy atom. The average Bonchev–Trinajstić information content (AvgIpc) is 2.48. The molecule has 0 saturated carbocycles. The van der Waals surface area contributed by atoms with Crippen LogP contribution in [-0.2, 0) is 16.1 Å². The predicted octanol–water partition coefficient (Wildman–Crippen LogP) is 1.64. The number of aromatic nitrogens is 1. The second-order valence-electron chi connectivity index (χ2n) is 5.97. The van der Waals surface area contributed by atoms with Crippen molar-refractivity contribution in [2.24, 2.45) is 5.73 Å². The fraction of sp³-hybridized carbons (Fsp3) is 0.625. The zero-order chi connectivity index (χ0) is 15.3.